The Morgan fingerprint density at radius 3 is 3.00 bits per heavy atom. The summed E-state index contributed by atoms with van der Waals surface area (Å²) in [4.78, 5) is 0. The third-order valence-electron chi connectivity index (χ3n) is 2.78. The van der Waals surface area contributed by atoms with Crippen LogP contribution in [0.4, 0.5) is 4.39 Å². The van der Waals surface area contributed by atoms with Gasteiger partial charge in [0, 0.05) is 6.04 Å². The molecule has 0 spiro atoms. The van der Waals surface area contributed by atoms with E-state index in [4.69, 9.17) is 0 Å². The van der Waals surface area contributed by atoms with Gasteiger partial charge in [-0.05, 0) is 46.9 Å². The minimum atomic E-state index is -0.358. The summed E-state index contributed by atoms with van der Waals surface area (Å²) in [6, 6.07) is 5.22. The van der Waals surface area contributed by atoms with Crippen molar-refractivity contribution in [3.63, 3.8) is 0 Å². The van der Waals surface area contributed by atoms with Crippen LogP contribution in [0.3, 0.4) is 0 Å². The van der Waals surface area contributed by atoms with E-state index in [9.17, 15) is 9.50 Å². The molecule has 0 aromatic heterocycles. The molecular formula is C11H13BrFNO. The maximum absolute atomic E-state index is 13.6. The van der Waals surface area contributed by atoms with E-state index in [1.165, 1.54) is 0 Å². The molecule has 1 aliphatic rings. The Balaban J connectivity index is 2.13. The second kappa shape index (κ2) is 4.60. The predicted octanol–water partition coefficient (Wildman–Crippen LogP) is 1.85. The van der Waals surface area contributed by atoms with Gasteiger partial charge < -0.3 is 10.4 Å². The quantitative estimate of drug-likeness (QED) is 0.862. The highest BCUT2D eigenvalue weighted by Gasteiger charge is 2.25. The molecule has 2 unspecified atom stereocenters. The summed E-state index contributed by atoms with van der Waals surface area (Å²) in [5.74, 6) is -0.224. The van der Waals surface area contributed by atoms with Crippen LogP contribution in [-0.2, 0) is 6.42 Å². The first-order valence-corrected chi connectivity index (χ1v) is 5.82. The van der Waals surface area contributed by atoms with Crippen LogP contribution in [0.15, 0.2) is 22.7 Å². The Kier molecular flexibility index (Phi) is 3.38. The monoisotopic (exact) mass is 273 g/mol. The van der Waals surface area contributed by atoms with Crippen LogP contribution >= 0.6 is 15.9 Å². The fourth-order valence-electron chi connectivity index (χ4n) is 1.91. The van der Waals surface area contributed by atoms with Gasteiger partial charge in [0.25, 0.3) is 0 Å². The summed E-state index contributed by atoms with van der Waals surface area (Å²) in [6.45, 7) is 0.807. The number of hydrogen-bond acceptors (Lipinski definition) is 2. The van der Waals surface area contributed by atoms with Gasteiger partial charge in [-0.25, -0.2) is 4.39 Å². The predicted molar refractivity (Wildman–Crippen MR) is 60.2 cm³/mol. The average Bonchev–Trinajstić information content (AvgIpc) is 2.60. The van der Waals surface area contributed by atoms with Crippen molar-refractivity contribution in [1.29, 1.82) is 0 Å². The molecule has 0 bridgehead atoms. The SMILES string of the molecule is OC1CCNC1Cc1cccc(Br)c1F. The van der Waals surface area contributed by atoms with Gasteiger partial charge in [-0.2, -0.15) is 0 Å². The summed E-state index contributed by atoms with van der Waals surface area (Å²) < 4.78 is 14.1. The molecule has 2 rings (SSSR count). The van der Waals surface area contributed by atoms with Crippen LogP contribution in [0.25, 0.3) is 0 Å². The molecule has 0 saturated carbocycles. The van der Waals surface area contributed by atoms with E-state index in [-0.39, 0.29) is 18.0 Å². The molecule has 15 heavy (non-hydrogen) atoms. The molecule has 1 aliphatic heterocycles. The molecule has 0 amide bonds. The Morgan fingerprint density at radius 2 is 2.33 bits per heavy atom. The molecular weight excluding hydrogens is 261 g/mol. The normalized spacial score (nSPS) is 25.8. The minimum Gasteiger partial charge on any atom is -0.391 e. The summed E-state index contributed by atoms with van der Waals surface area (Å²) in [5, 5.41) is 12.8. The maximum atomic E-state index is 13.6. The van der Waals surface area contributed by atoms with Gasteiger partial charge in [0.1, 0.15) is 5.82 Å². The van der Waals surface area contributed by atoms with Crippen molar-refractivity contribution in [1.82, 2.24) is 5.32 Å². The lowest BCUT2D eigenvalue weighted by atomic mass is 10.0. The summed E-state index contributed by atoms with van der Waals surface area (Å²) >= 11 is 3.15. The second-order valence-corrected chi connectivity index (χ2v) is 4.69. The Bertz CT molecular complexity index is 358. The van der Waals surface area contributed by atoms with Gasteiger partial charge in [-0.15, -0.1) is 0 Å². The van der Waals surface area contributed by atoms with E-state index in [1.54, 1.807) is 12.1 Å². The standard InChI is InChI=1S/C11H13BrFNO/c12-8-3-1-2-7(11(8)13)6-9-10(15)4-5-14-9/h1-3,9-10,14-15H,4-6H2. The summed E-state index contributed by atoms with van der Waals surface area (Å²) in [6.07, 6.45) is 0.926. The van der Waals surface area contributed by atoms with Crippen molar-refractivity contribution in [2.24, 2.45) is 0 Å². The summed E-state index contributed by atoms with van der Waals surface area (Å²) in [7, 11) is 0. The molecule has 1 aromatic rings. The molecule has 1 heterocycles. The zero-order chi connectivity index (χ0) is 10.8. The van der Waals surface area contributed by atoms with Crippen LogP contribution < -0.4 is 5.32 Å². The van der Waals surface area contributed by atoms with E-state index in [0.717, 1.165) is 13.0 Å². The fourth-order valence-corrected chi connectivity index (χ4v) is 2.31. The lowest BCUT2D eigenvalue weighted by Crippen LogP contribution is -2.32. The first-order chi connectivity index (χ1) is 7.18. The van der Waals surface area contributed by atoms with Gasteiger partial charge in [0.15, 0.2) is 0 Å². The van der Waals surface area contributed by atoms with Gasteiger partial charge in [-0.3, -0.25) is 0 Å². The van der Waals surface area contributed by atoms with Gasteiger partial charge in [0.05, 0.1) is 10.6 Å². The molecule has 0 aliphatic carbocycles. The van der Waals surface area contributed by atoms with E-state index < -0.39 is 0 Å². The van der Waals surface area contributed by atoms with E-state index in [0.29, 0.717) is 16.5 Å². The summed E-state index contributed by atoms with van der Waals surface area (Å²) in [5.41, 5.74) is 0.642. The second-order valence-electron chi connectivity index (χ2n) is 3.83. The molecule has 2 nitrogen and oxygen atoms in total. The van der Waals surface area contributed by atoms with Crippen LogP contribution in [0.5, 0.6) is 0 Å². The Hall–Kier alpha value is -0.450. The van der Waals surface area contributed by atoms with Gasteiger partial charge in [0.2, 0.25) is 0 Å². The van der Waals surface area contributed by atoms with Crippen LogP contribution in [-0.4, -0.2) is 23.8 Å². The molecule has 1 fully saturated rings. The third-order valence-corrected chi connectivity index (χ3v) is 3.39. The molecule has 1 aromatic carbocycles. The lowest BCUT2D eigenvalue weighted by molar-refractivity contribution is 0.158. The lowest BCUT2D eigenvalue weighted by Gasteiger charge is -2.15. The molecule has 1 saturated heterocycles. The van der Waals surface area contributed by atoms with Crippen molar-refractivity contribution in [3.8, 4) is 0 Å². The van der Waals surface area contributed by atoms with E-state index in [2.05, 4.69) is 21.2 Å². The topological polar surface area (TPSA) is 32.3 Å². The van der Waals surface area contributed by atoms with Crippen molar-refractivity contribution in [3.05, 3.63) is 34.1 Å². The number of aliphatic hydroxyl groups excluding tert-OH is 1. The Morgan fingerprint density at radius 1 is 1.53 bits per heavy atom. The fraction of sp³-hybridized carbons (Fsp3) is 0.455. The molecule has 4 heteroatoms. The largest absolute Gasteiger partial charge is 0.391 e. The zero-order valence-corrected chi connectivity index (χ0v) is 9.80. The van der Waals surface area contributed by atoms with Gasteiger partial charge in [-0.1, -0.05) is 12.1 Å². The molecule has 82 valence electrons. The number of nitrogens with one attached hydrogen (secondary N) is 1. The average molecular weight is 274 g/mol. The van der Waals surface area contributed by atoms with Crippen LogP contribution in [0.2, 0.25) is 0 Å². The highest BCUT2D eigenvalue weighted by molar-refractivity contribution is 9.10. The minimum absolute atomic E-state index is 0.0196. The van der Waals surface area contributed by atoms with E-state index >= 15 is 0 Å². The van der Waals surface area contributed by atoms with Gasteiger partial charge >= 0.3 is 0 Å². The number of benzene rings is 1. The number of halogens is 2. The molecule has 0 radical (unpaired) electrons. The third kappa shape index (κ3) is 2.38. The van der Waals surface area contributed by atoms with Crippen LogP contribution in [0.1, 0.15) is 12.0 Å². The Labute approximate surface area is 96.6 Å². The van der Waals surface area contributed by atoms with Crippen LogP contribution in [0, 0.1) is 5.82 Å². The first kappa shape index (κ1) is 11.0. The van der Waals surface area contributed by atoms with Crippen molar-refractivity contribution in [2.75, 3.05) is 6.54 Å². The molecule has 2 N–H and O–H groups in total. The number of hydrogen-bond donors (Lipinski definition) is 2. The van der Waals surface area contributed by atoms with Crippen molar-refractivity contribution in [2.45, 2.75) is 25.0 Å². The van der Waals surface area contributed by atoms with E-state index in [1.807, 2.05) is 6.07 Å². The number of rotatable bonds is 2. The first-order valence-electron chi connectivity index (χ1n) is 5.03. The zero-order valence-electron chi connectivity index (χ0n) is 8.21. The smallest absolute Gasteiger partial charge is 0.140 e. The van der Waals surface area contributed by atoms with Crippen molar-refractivity contribution < 1.29 is 9.50 Å². The maximum Gasteiger partial charge on any atom is 0.140 e. The highest BCUT2D eigenvalue weighted by Crippen LogP contribution is 2.21. The molecule has 2 atom stereocenters. The highest BCUT2D eigenvalue weighted by atomic mass is 79.9. The van der Waals surface area contributed by atoms with Crippen molar-refractivity contribution >= 4 is 15.9 Å². The number of aliphatic hydroxyl groups is 1.